The van der Waals surface area contributed by atoms with Crippen molar-refractivity contribution in [1.29, 1.82) is 0 Å². The van der Waals surface area contributed by atoms with Crippen molar-refractivity contribution in [2.75, 3.05) is 12.4 Å². The van der Waals surface area contributed by atoms with Gasteiger partial charge in [-0.25, -0.2) is 9.97 Å². The van der Waals surface area contributed by atoms with Crippen LogP contribution in [0, 0.1) is 0 Å². The molecule has 0 saturated heterocycles. The molecule has 2 aromatic rings. The van der Waals surface area contributed by atoms with Crippen LogP contribution in [0.2, 0.25) is 5.02 Å². The summed E-state index contributed by atoms with van der Waals surface area (Å²) in [6.45, 7) is 2.16. The van der Waals surface area contributed by atoms with Crippen LogP contribution in [0.25, 0.3) is 0 Å². The first-order valence-electron chi connectivity index (χ1n) is 6.64. The lowest BCUT2D eigenvalue weighted by atomic mass is 10.2. The second-order valence-electron chi connectivity index (χ2n) is 4.40. The van der Waals surface area contributed by atoms with Crippen LogP contribution in [0.3, 0.4) is 0 Å². The van der Waals surface area contributed by atoms with Crippen LogP contribution in [0.15, 0.2) is 35.2 Å². The number of hydrogen-bond donors (Lipinski definition) is 1. The lowest BCUT2D eigenvalue weighted by Gasteiger charge is -2.07. The molecule has 0 atom stereocenters. The fourth-order valence-electron chi connectivity index (χ4n) is 1.81. The SMILES string of the molecule is CCCc1cc(NC)nc(CSc2ccc(Cl)cc2)n1. The Morgan fingerprint density at radius 3 is 2.60 bits per heavy atom. The van der Waals surface area contributed by atoms with E-state index in [0.29, 0.717) is 0 Å². The number of benzene rings is 1. The maximum Gasteiger partial charge on any atom is 0.141 e. The van der Waals surface area contributed by atoms with E-state index in [0.717, 1.165) is 41.0 Å². The van der Waals surface area contributed by atoms with Crippen LogP contribution in [-0.2, 0) is 12.2 Å². The van der Waals surface area contributed by atoms with E-state index in [2.05, 4.69) is 22.2 Å². The number of anilines is 1. The number of halogens is 1. The van der Waals surface area contributed by atoms with E-state index in [9.17, 15) is 0 Å². The van der Waals surface area contributed by atoms with Crippen molar-refractivity contribution >= 4 is 29.2 Å². The quantitative estimate of drug-likeness (QED) is 0.802. The van der Waals surface area contributed by atoms with Crippen LogP contribution >= 0.6 is 23.4 Å². The number of nitrogens with zero attached hydrogens (tertiary/aromatic N) is 2. The summed E-state index contributed by atoms with van der Waals surface area (Å²) in [5.41, 5.74) is 1.10. The van der Waals surface area contributed by atoms with Gasteiger partial charge in [-0.1, -0.05) is 24.9 Å². The number of aryl methyl sites for hydroxylation is 1. The minimum absolute atomic E-state index is 0.757. The molecule has 0 spiro atoms. The Labute approximate surface area is 129 Å². The smallest absolute Gasteiger partial charge is 0.141 e. The molecule has 0 radical (unpaired) electrons. The van der Waals surface area contributed by atoms with Crippen molar-refractivity contribution in [2.24, 2.45) is 0 Å². The van der Waals surface area contributed by atoms with Gasteiger partial charge >= 0.3 is 0 Å². The largest absolute Gasteiger partial charge is 0.373 e. The molecule has 1 N–H and O–H groups in total. The van der Waals surface area contributed by atoms with Crippen LogP contribution in [0.4, 0.5) is 5.82 Å². The van der Waals surface area contributed by atoms with Crippen molar-refractivity contribution < 1.29 is 0 Å². The zero-order valence-electron chi connectivity index (χ0n) is 11.7. The van der Waals surface area contributed by atoms with E-state index in [1.54, 1.807) is 11.8 Å². The Bertz CT molecular complexity index is 558. The van der Waals surface area contributed by atoms with Crippen molar-refractivity contribution in [1.82, 2.24) is 9.97 Å². The summed E-state index contributed by atoms with van der Waals surface area (Å²) in [5.74, 6) is 2.50. The second kappa shape index (κ2) is 7.50. The van der Waals surface area contributed by atoms with Gasteiger partial charge in [-0.3, -0.25) is 0 Å². The summed E-state index contributed by atoms with van der Waals surface area (Å²) < 4.78 is 0. The standard InChI is InChI=1S/C15H18ClN3S/c1-3-4-12-9-14(17-2)19-15(18-12)10-20-13-7-5-11(16)6-8-13/h5-9H,3-4,10H2,1-2H3,(H,17,18,19). The van der Waals surface area contributed by atoms with Gasteiger partial charge < -0.3 is 5.32 Å². The molecular weight excluding hydrogens is 290 g/mol. The van der Waals surface area contributed by atoms with E-state index in [4.69, 9.17) is 11.6 Å². The second-order valence-corrected chi connectivity index (χ2v) is 5.89. The Morgan fingerprint density at radius 1 is 1.20 bits per heavy atom. The molecular formula is C15H18ClN3S. The van der Waals surface area contributed by atoms with E-state index < -0.39 is 0 Å². The highest BCUT2D eigenvalue weighted by atomic mass is 35.5. The molecule has 0 unspecified atom stereocenters. The van der Waals surface area contributed by atoms with Crippen LogP contribution in [-0.4, -0.2) is 17.0 Å². The Kier molecular flexibility index (Phi) is 5.68. The summed E-state index contributed by atoms with van der Waals surface area (Å²) in [4.78, 5) is 10.3. The zero-order valence-corrected chi connectivity index (χ0v) is 13.3. The van der Waals surface area contributed by atoms with Gasteiger partial charge in [0.25, 0.3) is 0 Å². The number of rotatable bonds is 6. The van der Waals surface area contributed by atoms with Crippen molar-refractivity contribution in [3.05, 3.63) is 46.9 Å². The van der Waals surface area contributed by atoms with E-state index in [-0.39, 0.29) is 0 Å². The summed E-state index contributed by atoms with van der Waals surface area (Å²) >= 11 is 7.60. The number of thioether (sulfide) groups is 1. The first-order valence-corrected chi connectivity index (χ1v) is 8.00. The first-order chi connectivity index (χ1) is 9.71. The maximum atomic E-state index is 5.88. The molecule has 0 amide bonds. The molecule has 1 aromatic carbocycles. The summed E-state index contributed by atoms with van der Waals surface area (Å²) in [6, 6.07) is 9.85. The van der Waals surface area contributed by atoms with E-state index >= 15 is 0 Å². The number of nitrogens with one attached hydrogen (secondary N) is 1. The van der Waals surface area contributed by atoms with Gasteiger partial charge in [0.05, 0.1) is 5.75 Å². The normalized spacial score (nSPS) is 10.6. The molecule has 1 heterocycles. The highest BCUT2D eigenvalue weighted by molar-refractivity contribution is 7.98. The molecule has 0 fully saturated rings. The maximum absolute atomic E-state index is 5.88. The lowest BCUT2D eigenvalue weighted by molar-refractivity contribution is 0.855. The zero-order chi connectivity index (χ0) is 14.4. The van der Waals surface area contributed by atoms with Gasteiger partial charge in [-0.15, -0.1) is 11.8 Å². The average Bonchev–Trinajstić information content (AvgIpc) is 2.47. The molecule has 106 valence electrons. The molecule has 20 heavy (non-hydrogen) atoms. The van der Waals surface area contributed by atoms with Gasteiger partial charge in [-0.2, -0.15) is 0 Å². The van der Waals surface area contributed by atoms with Gasteiger partial charge in [0.15, 0.2) is 0 Å². The first kappa shape index (κ1) is 15.1. The van der Waals surface area contributed by atoms with Crippen LogP contribution < -0.4 is 5.32 Å². The fourth-order valence-corrected chi connectivity index (χ4v) is 2.69. The Morgan fingerprint density at radius 2 is 1.95 bits per heavy atom. The van der Waals surface area contributed by atoms with Gasteiger partial charge in [0.1, 0.15) is 11.6 Å². The molecule has 0 bridgehead atoms. The minimum Gasteiger partial charge on any atom is -0.373 e. The molecule has 3 nitrogen and oxygen atoms in total. The van der Waals surface area contributed by atoms with Gasteiger partial charge in [0, 0.05) is 28.7 Å². The number of aromatic nitrogens is 2. The highest BCUT2D eigenvalue weighted by Crippen LogP contribution is 2.23. The van der Waals surface area contributed by atoms with Crippen molar-refractivity contribution in [3.8, 4) is 0 Å². The Hall–Kier alpha value is -1.26. The van der Waals surface area contributed by atoms with Gasteiger partial charge in [0.2, 0.25) is 0 Å². The molecule has 0 aliphatic carbocycles. The molecule has 0 aliphatic rings. The topological polar surface area (TPSA) is 37.8 Å². The summed E-state index contributed by atoms with van der Waals surface area (Å²) in [5, 5.41) is 3.85. The summed E-state index contributed by atoms with van der Waals surface area (Å²) in [6.07, 6.45) is 2.07. The monoisotopic (exact) mass is 307 g/mol. The predicted molar refractivity (Wildman–Crippen MR) is 86.6 cm³/mol. The average molecular weight is 308 g/mol. The molecule has 0 aliphatic heterocycles. The molecule has 1 aromatic heterocycles. The van der Waals surface area contributed by atoms with Crippen LogP contribution in [0.1, 0.15) is 24.9 Å². The van der Waals surface area contributed by atoms with Crippen molar-refractivity contribution in [2.45, 2.75) is 30.4 Å². The molecule has 5 heteroatoms. The Balaban J connectivity index is 2.07. The van der Waals surface area contributed by atoms with E-state index in [1.165, 1.54) is 4.90 Å². The third-order valence-electron chi connectivity index (χ3n) is 2.77. The minimum atomic E-state index is 0.757. The summed E-state index contributed by atoms with van der Waals surface area (Å²) in [7, 11) is 1.88. The third kappa shape index (κ3) is 4.39. The van der Waals surface area contributed by atoms with Crippen molar-refractivity contribution in [3.63, 3.8) is 0 Å². The number of hydrogen-bond acceptors (Lipinski definition) is 4. The van der Waals surface area contributed by atoms with Gasteiger partial charge in [-0.05, 0) is 30.7 Å². The molecule has 0 saturated carbocycles. The molecule has 2 rings (SSSR count). The van der Waals surface area contributed by atoms with Crippen LogP contribution in [0.5, 0.6) is 0 Å². The predicted octanol–water partition coefficient (Wildman–Crippen LogP) is 4.42. The highest BCUT2D eigenvalue weighted by Gasteiger charge is 2.04. The van der Waals surface area contributed by atoms with E-state index in [1.807, 2.05) is 37.4 Å². The lowest BCUT2D eigenvalue weighted by Crippen LogP contribution is -2.02. The fraction of sp³-hybridized carbons (Fsp3) is 0.333. The third-order valence-corrected chi connectivity index (χ3v) is 4.03.